The summed E-state index contributed by atoms with van der Waals surface area (Å²) in [5, 5.41) is 1.49. The summed E-state index contributed by atoms with van der Waals surface area (Å²) in [5.41, 5.74) is 1.47. The van der Waals surface area contributed by atoms with Crippen molar-refractivity contribution >= 4 is 38.5 Å². The third-order valence-electron chi connectivity index (χ3n) is 3.50. The van der Waals surface area contributed by atoms with E-state index in [0.29, 0.717) is 16.9 Å². The van der Waals surface area contributed by atoms with Crippen molar-refractivity contribution in [2.24, 2.45) is 0 Å². The van der Waals surface area contributed by atoms with Crippen molar-refractivity contribution in [3.63, 3.8) is 0 Å². The summed E-state index contributed by atoms with van der Waals surface area (Å²) < 4.78 is 11.3. The Morgan fingerprint density at radius 2 is 2.00 bits per heavy atom. The van der Waals surface area contributed by atoms with Crippen LogP contribution in [0.4, 0.5) is 0 Å². The Morgan fingerprint density at radius 1 is 1.17 bits per heavy atom. The number of ether oxygens (including phenoxy) is 1. The zero-order valence-corrected chi connectivity index (χ0v) is 13.4. The number of carbonyl (C=O) groups excluding carboxylic acids is 1. The van der Waals surface area contributed by atoms with Gasteiger partial charge in [-0.2, -0.15) is 0 Å². The fourth-order valence-electron chi connectivity index (χ4n) is 2.54. The number of nitrogens with zero attached hydrogens (tertiary/aromatic N) is 1. The molecule has 0 saturated heterocycles. The zero-order chi connectivity index (χ0) is 16.7. The topological polar surface area (TPSA) is 69.4 Å². The lowest BCUT2D eigenvalue weighted by atomic mass is 10.1. The van der Waals surface area contributed by atoms with Crippen molar-refractivity contribution < 1.29 is 13.9 Å². The molecule has 4 rings (SSSR count). The first-order chi connectivity index (χ1) is 11.6. The van der Waals surface area contributed by atoms with Gasteiger partial charge in [-0.3, -0.25) is 4.79 Å². The smallest absolute Gasteiger partial charge is 0.336 e. The monoisotopic (exact) mass is 337 g/mol. The van der Waals surface area contributed by atoms with Crippen LogP contribution < -0.4 is 10.4 Å². The second-order valence-electron chi connectivity index (χ2n) is 5.22. The van der Waals surface area contributed by atoms with Crippen LogP contribution in [-0.4, -0.2) is 11.0 Å². The number of hydrogen-bond acceptors (Lipinski definition) is 6. The highest BCUT2D eigenvalue weighted by Gasteiger charge is 2.13. The summed E-state index contributed by atoms with van der Waals surface area (Å²) in [5.74, 6) is -0.0985. The Balaban J connectivity index is 1.94. The number of hydrogen-bond donors (Lipinski definition) is 0. The fraction of sp³-hybridized carbons (Fsp3) is 0.0556. The molecule has 0 bridgehead atoms. The maximum atomic E-state index is 11.9. The van der Waals surface area contributed by atoms with Crippen LogP contribution >= 0.6 is 11.3 Å². The van der Waals surface area contributed by atoms with Crippen LogP contribution in [0.2, 0.25) is 0 Å². The van der Waals surface area contributed by atoms with Crippen molar-refractivity contribution in [2.45, 2.75) is 6.92 Å². The number of thiazole rings is 1. The normalized spacial score (nSPS) is 11.0. The largest absolute Gasteiger partial charge is 0.427 e. The lowest BCUT2D eigenvalue weighted by molar-refractivity contribution is -0.131. The molecule has 0 saturated carbocycles. The highest BCUT2D eigenvalue weighted by molar-refractivity contribution is 7.21. The molecule has 24 heavy (non-hydrogen) atoms. The van der Waals surface area contributed by atoms with E-state index in [0.717, 1.165) is 20.6 Å². The van der Waals surface area contributed by atoms with Gasteiger partial charge in [0.15, 0.2) is 0 Å². The molecule has 0 unspecified atom stereocenters. The summed E-state index contributed by atoms with van der Waals surface area (Å²) in [6.45, 7) is 1.32. The lowest BCUT2D eigenvalue weighted by Crippen LogP contribution is -2.02. The van der Waals surface area contributed by atoms with Gasteiger partial charge in [0.05, 0.1) is 10.2 Å². The predicted octanol–water partition coefficient (Wildman–Crippen LogP) is 4.00. The van der Waals surface area contributed by atoms with E-state index in [9.17, 15) is 9.59 Å². The van der Waals surface area contributed by atoms with Gasteiger partial charge in [-0.15, -0.1) is 11.3 Å². The maximum absolute atomic E-state index is 11.9. The van der Waals surface area contributed by atoms with Gasteiger partial charge >= 0.3 is 11.6 Å². The average Bonchev–Trinajstić information content (AvgIpc) is 2.97. The number of carbonyl (C=O) groups is 1. The van der Waals surface area contributed by atoms with E-state index in [2.05, 4.69) is 4.98 Å². The SMILES string of the molecule is CC(=O)Oc1ccc2c(-c3nc4ccccc4s3)cc(=O)oc2c1. The maximum Gasteiger partial charge on any atom is 0.336 e. The van der Waals surface area contributed by atoms with E-state index in [1.165, 1.54) is 30.4 Å². The van der Waals surface area contributed by atoms with Gasteiger partial charge in [0, 0.05) is 30.0 Å². The molecule has 6 heteroatoms. The van der Waals surface area contributed by atoms with Gasteiger partial charge in [-0.25, -0.2) is 9.78 Å². The molecule has 0 aliphatic rings. The molecule has 0 amide bonds. The minimum Gasteiger partial charge on any atom is -0.427 e. The molecule has 0 aliphatic carbocycles. The predicted molar refractivity (Wildman–Crippen MR) is 92.4 cm³/mol. The molecular formula is C18H11NO4S. The van der Waals surface area contributed by atoms with Gasteiger partial charge in [0.1, 0.15) is 16.3 Å². The molecule has 0 atom stereocenters. The lowest BCUT2D eigenvalue weighted by Gasteiger charge is -2.05. The zero-order valence-electron chi connectivity index (χ0n) is 12.6. The van der Waals surface area contributed by atoms with Gasteiger partial charge in [-0.05, 0) is 24.3 Å². The van der Waals surface area contributed by atoms with Crippen molar-refractivity contribution in [2.75, 3.05) is 0 Å². The standard InChI is InChI=1S/C18H11NO4S/c1-10(20)22-11-6-7-12-13(9-17(21)23-15(12)8-11)18-19-14-4-2-3-5-16(14)24-18/h2-9H,1H3. The van der Waals surface area contributed by atoms with E-state index < -0.39 is 11.6 Å². The van der Waals surface area contributed by atoms with Gasteiger partial charge in [0.2, 0.25) is 0 Å². The first kappa shape index (κ1) is 14.6. The molecule has 2 aromatic carbocycles. The first-order valence-corrected chi connectivity index (χ1v) is 8.04. The first-order valence-electron chi connectivity index (χ1n) is 7.22. The van der Waals surface area contributed by atoms with Crippen LogP contribution in [0.1, 0.15) is 6.92 Å². The summed E-state index contributed by atoms with van der Waals surface area (Å²) in [7, 11) is 0. The van der Waals surface area contributed by atoms with Crippen molar-refractivity contribution in [3.05, 3.63) is 59.0 Å². The minimum absolute atomic E-state index is 0.333. The molecule has 0 N–H and O–H groups in total. The molecule has 2 aromatic heterocycles. The fourth-order valence-corrected chi connectivity index (χ4v) is 3.53. The number of para-hydroxylation sites is 1. The number of rotatable bonds is 2. The number of benzene rings is 2. The van der Waals surface area contributed by atoms with Crippen molar-refractivity contribution in [3.8, 4) is 16.3 Å². The molecule has 2 heterocycles. The van der Waals surface area contributed by atoms with E-state index in [4.69, 9.17) is 9.15 Å². The van der Waals surface area contributed by atoms with Gasteiger partial charge < -0.3 is 9.15 Å². The molecule has 0 aliphatic heterocycles. The highest BCUT2D eigenvalue weighted by atomic mass is 32.1. The quantitative estimate of drug-likeness (QED) is 0.314. The van der Waals surface area contributed by atoms with Crippen molar-refractivity contribution in [1.82, 2.24) is 4.98 Å². The van der Waals surface area contributed by atoms with Gasteiger partial charge in [-0.1, -0.05) is 12.1 Å². The summed E-state index contributed by atoms with van der Waals surface area (Å²) >= 11 is 1.51. The number of esters is 1. The van der Waals surface area contributed by atoms with E-state index >= 15 is 0 Å². The third-order valence-corrected chi connectivity index (χ3v) is 4.57. The Kier molecular flexibility index (Phi) is 3.39. The van der Waals surface area contributed by atoms with Crippen LogP contribution in [0.5, 0.6) is 5.75 Å². The summed E-state index contributed by atoms with van der Waals surface area (Å²) in [6, 6.07) is 14.2. The van der Waals surface area contributed by atoms with E-state index in [-0.39, 0.29) is 0 Å². The van der Waals surface area contributed by atoms with E-state index in [1.807, 2.05) is 24.3 Å². The second kappa shape index (κ2) is 5.58. The van der Waals surface area contributed by atoms with E-state index in [1.54, 1.807) is 12.1 Å². The third kappa shape index (κ3) is 2.57. The number of fused-ring (bicyclic) bond motifs is 2. The average molecular weight is 337 g/mol. The molecule has 0 spiro atoms. The Bertz CT molecular complexity index is 1110. The van der Waals surface area contributed by atoms with Crippen molar-refractivity contribution in [1.29, 1.82) is 0 Å². The molecule has 0 fully saturated rings. The number of aromatic nitrogens is 1. The molecular weight excluding hydrogens is 326 g/mol. The van der Waals surface area contributed by atoms with Gasteiger partial charge in [0.25, 0.3) is 0 Å². The Labute approximate surface area is 140 Å². The molecule has 4 aromatic rings. The summed E-state index contributed by atoms with van der Waals surface area (Å²) in [4.78, 5) is 27.6. The van der Waals surface area contributed by atoms with Crippen LogP contribution in [0.25, 0.3) is 31.8 Å². The Morgan fingerprint density at radius 3 is 2.79 bits per heavy atom. The molecule has 0 radical (unpaired) electrons. The summed E-state index contributed by atoms with van der Waals surface area (Å²) in [6.07, 6.45) is 0. The van der Waals surface area contributed by atoms with Crippen LogP contribution in [0, 0.1) is 0 Å². The van der Waals surface area contributed by atoms with Crippen LogP contribution in [0.15, 0.2) is 57.7 Å². The van der Waals surface area contributed by atoms with Crippen LogP contribution in [-0.2, 0) is 4.79 Å². The Hall–Kier alpha value is -2.99. The molecule has 5 nitrogen and oxygen atoms in total. The second-order valence-corrected chi connectivity index (χ2v) is 6.25. The minimum atomic E-state index is -0.475. The molecule has 118 valence electrons. The van der Waals surface area contributed by atoms with Crippen LogP contribution in [0.3, 0.4) is 0 Å². The highest BCUT2D eigenvalue weighted by Crippen LogP contribution is 2.34.